The lowest BCUT2D eigenvalue weighted by Gasteiger charge is -2.23. The van der Waals surface area contributed by atoms with Crippen LogP contribution < -0.4 is 14.4 Å². The fourth-order valence-corrected chi connectivity index (χ4v) is 3.68. The smallest absolute Gasteiger partial charge is 0.232 e. The minimum absolute atomic E-state index is 0.000322. The third-order valence-electron chi connectivity index (χ3n) is 3.73. The van der Waals surface area contributed by atoms with E-state index in [1.807, 2.05) is 24.3 Å². The Morgan fingerprint density at radius 2 is 1.81 bits per heavy atom. The van der Waals surface area contributed by atoms with Gasteiger partial charge < -0.3 is 10.1 Å². The largest absolute Gasteiger partial charge is 0.496 e. The van der Waals surface area contributed by atoms with Crippen molar-refractivity contribution in [1.29, 1.82) is 0 Å². The highest BCUT2D eigenvalue weighted by Gasteiger charge is 2.20. The van der Waals surface area contributed by atoms with Crippen LogP contribution in [0.25, 0.3) is 0 Å². The van der Waals surface area contributed by atoms with Crippen molar-refractivity contribution in [3.05, 3.63) is 59.1 Å². The van der Waals surface area contributed by atoms with E-state index < -0.39 is 10.0 Å². The number of hydrogen-bond donors (Lipinski definition) is 1. The van der Waals surface area contributed by atoms with Crippen LogP contribution >= 0.6 is 11.6 Å². The van der Waals surface area contributed by atoms with Gasteiger partial charge in [0.05, 0.1) is 24.1 Å². The molecule has 0 fully saturated rings. The molecule has 0 unspecified atom stereocenters. The van der Waals surface area contributed by atoms with Crippen LogP contribution in [0.3, 0.4) is 0 Å². The number of carbonyl (C=O) groups is 1. The zero-order chi connectivity index (χ0) is 19.2. The van der Waals surface area contributed by atoms with Crippen LogP contribution in [0.2, 0.25) is 5.02 Å². The molecule has 2 rings (SSSR count). The number of rotatable bonds is 8. The monoisotopic (exact) mass is 396 g/mol. The predicted molar refractivity (Wildman–Crippen MR) is 103 cm³/mol. The first-order valence-electron chi connectivity index (χ1n) is 7.93. The highest BCUT2D eigenvalue weighted by atomic mass is 35.5. The Kier molecular flexibility index (Phi) is 6.88. The van der Waals surface area contributed by atoms with Gasteiger partial charge in [0, 0.05) is 25.1 Å². The molecule has 1 N–H and O–H groups in total. The van der Waals surface area contributed by atoms with Gasteiger partial charge in [-0.1, -0.05) is 41.9 Å². The van der Waals surface area contributed by atoms with Gasteiger partial charge in [-0.25, -0.2) is 8.42 Å². The third-order valence-corrected chi connectivity index (χ3v) is 5.23. The van der Waals surface area contributed by atoms with Gasteiger partial charge in [0.25, 0.3) is 0 Å². The summed E-state index contributed by atoms with van der Waals surface area (Å²) >= 11 is 6.09. The highest BCUT2D eigenvalue weighted by molar-refractivity contribution is 7.92. The molecule has 2 aromatic rings. The molecule has 0 aromatic heterocycles. The Morgan fingerprint density at radius 1 is 1.15 bits per heavy atom. The molecule has 0 saturated heterocycles. The quantitative estimate of drug-likeness (QED) is 0.744. The minimum Gasteiger partial charge on any atom is -0.496 e. The molecule has 0 heterocycles. The summed E-state index contributed by atoms with van der Waals surface area (Å²) in [5, 5.41) is 3.09. The zero-order valence-electron chi connectivity index (χ0n) is 14.6. The van der Waals surface area contributed by atoms with E-state index in [0.717, 1.165) is 16.1 Å². The second-order valence-corrected chi connectivity index (χ2v) is 7.94. The summed E-state index contributed by atoms with van der Waals surface area (Å²) in [4.78, 5) is 12.2. The molecule has 140 valence electrons. The van der Waals surface area contributed by atoms with Crippen LogP contribution in [-0.2, 0) is 21.4 Å². The molecule has 0 spiro atoms. The van der Waals surface area contributed by atoms with E-state index in [2.05, 4.69) is 5.32 Å². The number of nitrogens with zero attached hydrogens (tertiary/aromatic N) is 1. The lowest BCUT2D eigenvalue weighted by atomic mass is 10.2. The number of methoxy groups -OCH3 is 1. The average molecular weight is 397 g/mol. The second kappa shape index (κ2) is 8.91. The topological polar surface area (TPSA) is 75.7 Å². The number of benzene rings is 2. The second-order valence-electron chi connectivity index (χ2n) is 5.63. The SMILES string of the molecule is COc1ccccc1CNC(=O)CCN(c1ccccc1Cl)S(C)(=O)=O. The van der Waals surface area contributed by atoms with Gasteiger partial charge in [-0.2, -0.15) is 0 Å². The summed E-state index contributed by atoms with van der Waals surface area (Å²) in [6, 6.07) is 14.0. The lowest BCUT2D eigenvalue weighted by Crippen LogP contribution is -2.34. The third kappa shape index (κ3) is 5.37. The predicted octanol–water partition coefficient (Wildman–Crippen LogP) is 2.82. The fourth-order valence-electron chi connectivity index (χ4n) is 2.45. The molecule has 6 nitrogen and oxygen atoms in total. The van der Waals surface area contributed by atoms with Gasteiger partial charge in [-0.15, -0.1) is 0 Å². The van der Waals surface area contributed by atoms with Crippen LogP contribution in [-0.4, -0.2) is 34.2 Å². The van der Waals surface area contributed by atoms with Crippen LogP contribution in [0.4, 0.5) is 5.69 Å². The van der Waals surface area contributed by atoms with E-state index in [1.54, 1.807) is 31.4 Å². The molecule has 1 amide bonds. The Bertz CT molecular complexity index is 871. The number of carbonyl (C=O) groups excluding carboxylic acids is 1. The Balaban J connectivity index is 2.01. The molecular weight excluding hydrogens is 376 g/mol. The maximum absolute atomic E-state index is 12.2. The molecule has 0 radical (unpaired) electrons. The Morgan fingerprint density at radius 3 is 2.46 bits per heavy atom. The molecule has 26 heavy (non-hydrogen) atoms. The van der Waals surface area contributed by atoms with Crippen molar-refractivity contribution in [1.82, 2.24) is 5.32 Å². The number of halogens is 1. The average Bonchev–Trinajstić information content (AvgIpc) is 2.60. The summed E-state index contributed by atoms with van der Waals surface area (Å²) in [5.41, 5.74) is 1.20. The van der Waals surface area contributed by atoms with E-state index in [1.165, 1.54) is 0 Å². The molecule has 0 atom stereocenters. The van der Waals surface area contributed by atoms with Gasteiger partial charge in [0.1, 0.15) is 5.75 Å². The minimum atomic E-state index is -3.57. The summed E-state index contributed by atoms with van der Waals surface area (Å²) in [6.07, 6.45) is 1.09. The number of para-hydroxylation sites is 2. The van der Waals surface area contributed by atoms with Crippen molar-refractivity contribution in [3.8, 4) is 5.75 Å². The van der Waals surface area contributed by atoms with Crippen LogP contribution in [0.5, 0.6) is 5.75 Å². The first-order valence-corrected chi connectivity index (χ1v) is 10.2. The van der Waals surface area contributed by atoms with Crippen molar-refractivity contribution >= 4 is 33.2 Å². The number of nitrogens with one attached hydrogen (secondary N) is 1. The van der Waals surface area contributed by atoms with Gasteiger partial charge in [0.2, 0.25) is 15.9 Å². The maximum atomic E-state index is 12.2. The van der Waals surface area contributed by atoms with Gasteiger partial charge >= 0.3 is 0 Å². The molecule has 0 saturated carbocycles. The normalized spacial score (nSPS) is 11.0. The molecule has 2 aromatic carbocycles. The van der Waals surface area contributed by atoms with E-state index in [9.17, 15) is 13.2 Å². The summed E-state index contributed by atoms with van der Waals surface area (Å²) in [5.74, 6) is 0.415. The number of hydrogen-bond acceptors (Lipinski definition) is 4. The molecule has 0 aliphatic heterocycles. The van der Waals surface area contributed by atoms with E-state index in [4.69, 9.17) is 16.3 Å². The van der Waals surface area contributed by atoms with E-state index in [0.29, 0.717) is 23.0 Å². The molecule has 8 heteroatoms. The highest BCUT2D eigenvalue weighted by Crippen LogP contribution is 2.27. The first-order chi connectivity index (χ1) is 12.3. The van der Waals surface area contributed by atoms with Gasteiger partial charge in [0.15, 0.2) is 0 Å². The Labute approximate surface area is 158 Å². The van der Waals surface area contributed by atoms with Crippen molar-refractivity contribution in [3.63, 3.8) is 0 Å². The number of ether oxygens (including phenoxy) is 1. The van der Waals surface area contributed by atoms with Crippen LogP contribution in [0.15, 0.2) is 48.5 Å². The molecule has 0 aliphatic rings. The molecule has 0 aliphatic carbocycles. The summed E-state index contributed by atoms with van der Waals surface area (Å²) in [6.45, 7) is 0.300. The fraction of sp³-hybridized carbons (Fsp3) is 0.278. The van der Waals surface area contributed by atoms with Crippen molar-refractivity contribution < 1.29 is 17.9 Å². The Hall–Kier alpha value is -2.25. The van der Waals surface area contributed by atoms with E-state index in [-0.39, 0.29) is 18.9 Å². The number of amides is 1. The first kappa shape index (κ1) is 20.1. The van der Waals surface area contributed by atoms with E-state index >= 15 is 0 Å². The van der Waals surface area contributed by atoms with Crippen molar-refractivity contribution in [2.45, 2.75) is 13.0 Å². The molecule has 0 bridgehead atoms. The number of sulfonamides is 1. The number of anilines is 1. The van der Waals surface area contributed by atoms with Crippen LogP contribution in [0, 0.1) is 0 Å². The van der Waals surface area contributed by atoms with Gasteiger partial charge in [-0.3, -0.25) is 9.10 Å². The van der Waals surface area contributed by atoms with Crippen molar-refractivity contribution in [2.75, 3.05) is 24.2 Å². The maximum Gasteiger partial charge on any atom is 0.232 e. The van der Waals surface area contributed by atoms with Crippen molar-refractivity contribution in [2.24, 2.45) is 0 Å². The summed E-state index contributed by atoms with van der Waals surface area (Å²) in [7, 11) is -2.00. The van der Waals surface area contributed by atoms with Crippen LogP contribution in [0.1, 0.15) is 12.0 Å². The molecular formula is C18H21ClN2O4S. The summed E-state index contributed by atoms with van der Waals surface area (Å²) < 4.78 is 30.5. The zero-order valence-corrected chi connectivity index (χ0v) is 16.2. The lowest BCUT2D eigenvalue weighted by molar-refractivity contribution is -0.121. The standard InChI is InChI=1S/C18H21ClN2O4S/c1-25-17-10-6-3-7-14(17)13-20-18(22)11-12-21(26(2,23)24)16-9-5-4-8-15(16)19/h3-10H,11-13H2,1-2H3,(H,20,22). The van der Waals surface area contributed by atoms with Gasteiger partial charge in [-0.05, 0) is 18.2 Å².